The maximum absolute atomic E-state index is 13.5. The van der Waals surface area contributed by atoms with Crippen LogP contribution in [0.15, 0.2) is 40.9 Å². The molecule has 1 N–H and O–H groups in total. The number of hydrogen-bond donors (Lipinski definition) is 1. The molecule has 0 aromatic heterocycles. The highest BCUT2D eigenvalue weighted by Gasteiger charge is 2.15. The van der Waals surface area contributed by atoms with Gasteiger partial charge < -0.3 is 14.6 Å². The Balaban J connectivity index is 2.28. The molecule has 2 aromatic carbocycles. The molecule has 0 radical (unpaired) electrons. The van der Waals surface area contributed by atoms with Crippen LogP contribution in [0.1, 0.15) is 15.9 Å². The molecule has 110 valence electrons. The van der Waals surface area contributed by atoms with Crippen molar-refractivity contribution in [3.05, 3.63) is 57.8 Å². The third kappa shape index (κ3) is 3.52. The number of halogens is 2. The number of carboxylic acids is 1. The van der Waals surface area contributed by atoms with E-state index in [1.54, 1.807) is 18.2 Å². The quantitative estimate of drug-likeness (QED) is 0.885. The fourth-order valence-electron chi connectivity index (χ4n) is 1.75. The van der Waals surface area contributed by atoms with Crippen molar-refractivity contribution in [3.8, 4) is 11.5 Å². The molecule has 0 aliphatic heterocycles. The second-order valence-corrected chi connectivity index (χ2v) is 5.03. The van der Waals surface area contributed by atoms with Gasteiger partial charge in [0.05, 0.1) is 17.1 Å². The predicted molar refractivity (Wildman–Crippen MR) is 78.4 cm³/mol. The number of benzene rings is 2. The maximum atomic E-state index is 13.5. The van der Waals surface area contributed by atoms with E-state index in [1.165, 1.54) is 25.3 Å². The Hall–Kier alpha value is -2.08. The van der Waals surface area contributed by atoms with Crippen molar-refractivity contribution in [2.45, 2.75) is 6.61 Å². The molecule has 2 aromatic rings. The summed E-state index contributed by atoms with van der Waals surface area (Å²) in [6.07, 6.45) is 0. The zero-order valence-electron chi connectivity index (χ0n) is 11.1. The Kier molecular flexibility index (Phi) is 4.80. The zero-order chi connectivity index (χ0) is 15.4. The van der Waals surface area contributed by atoms with Crippen molar-refractivity contribution < 1.29 is 23.8 Å². The first-order valence-corrected chi connectivity index (χ1v) is 6.79. The number of aromatic carboxylic acids is 1. The van der Waals surface area contributed by atoms with E-state index in [-0.39, 0.29) is 23.7 Å². The number of hydrogen-bond acceptors (Lipinski definition) is 3. The normalized spacial score (nSPS) is 10.2. The van der Waals surface area contributed by atoms with E-state index in [9.17, 15) is 9.18 Å². The fraction of sp³-hybridized carbons (Fsp3) is 0.133. The van der Waals surface area contributed by atoms with Crippen LogP contribution in [0.3, 0.4) is 0 Å². The standard InChI is InChI=1S/C15H12BrFO4/c1-20-13-7-10(15(18)19)6-11(16)14(13)21-8-9-4-2-3-5-12(9)17/h2-7H,8H2,1H3,(H,18,19). The number of methoxy groups -OCH3 is 1. The lowest BCUT2D eigenvalue weighted by Gasteiger charge is -2.13. The molecule has 0 spiro atoms. The summed E-state index contributed by atoms with van der Waals surface area (Å²) in [7, 11) is 1.41. The van der Waals surface area contributed by atoms with Crippen LogP contribution in [0.5, 0.6) is 11.5 Å². The molecule has 6 heteroatoms. The largest absolute Gasteiger partial charge is 0.493 e. The number of carbonyl (C=O) groups is 1. The minimum Gasteiger partial charge on any atom is -0.493 e. The summed E-state index contributed by atoms with van der Waals surface area (Å²) in [5, 5.41) is 9.00. The molecule has 0 atom stereocenters. The Morgan fingerprint density at radius 1 is 1.33 bits per heavy atom. The lowest BCUT2D eigenvalue weighted by atomic mass is 10.2. The predicted octanol–water partition coefficient (Wildman–Crippen LogP) is 3.87. The van der Waals surface area contributed by atoms with Gasteiger partial charge >= 0.3 is 5.97 Å². The van der Waals surface area contributed by atoms with Crippen LogP contribution in [-0.2, 0) is 6.61 Å². The summed E-state index contributed by atoms with van der Waals surface area (Å²) in [5.74, 6) is -0.853. The maximum Gasteiger partial charge on any atom is 0.335 e. The number of carboxylic acid groups (broad SMARTS) is 1. The Labute approximate surface area is 129 Å². The van der Waals surface area contributed by atoms with E-state index in [1.807, 2.05) is 0 Å². The fourth-order valence-corrected chi connectivity index (χ4v) is 2.31. The van der Waals surface area contributed by atoms with Gasteiger partial charge in [-0.25, -0.2) is 9.18 Å². The molecular formula is C15H12BrFO4. The highest BCUT2D eigenvalue weighted by atomic mass is 79.9. The summed E-state index contributed by atoms with van der Waals surface area (Å²) in [6, 6.07) is 9.02. The van der Waals surface area contributed by atoms with Gasteiger partial charge in [0.1, 0.15) is 12.4 Å². The van der Waals surface area contributed by atoms with E-state index >= 15 is 0 Å². The Bertz CT molecular complexity index is 673. The molecule has 0 heterocycles. The molecule has 21 heavy (non-hydrogen) atoms. The van der Waals surface area contributed by atoms with Crippen LogP contribution in [0.25, 0.3) is 0 Å². The highest BCUT2D eigenvalue weighted by molar-refractivity contribution is 9.10. The third-order valence-electron chi connectivity index (χ3n) is 2.81. The van der Waals surface area contributed by atoms with Crippen LogP contribution in [-0.4, -0.2) is 18.2 Å². The van der Waals surface area contributed by atoms with Gasteiger partial charge in [0, 0.05) is 5.56 Å². The van der Waals surface area contributed by atoms with Gasteiger partial charge in [0.25, 0.3) is 0 Å². The van der Waals surface area contributed by atoms with Crippen molar-refractivity contribution >= 4 is 21.9 Å². The molecular weight excluding hydrogens is 343 g/mol. The van der Waals surface area contributed by atoms with Gasteiger partial charge in [0.2, 0.25) is 0 Å². The molecule has 4 nitrogen and oxygen atoms in total. The average Bonchev–Trinajstić information content (AvgIpc) is 2.46. The third-order valence-corrected chi connectivity index (χ3v) is 3.40. The topological polar surface area (TPSA) is 55.8 Å². The van der Waals surface area contributed by atoms with E-state index in [0.29, 0.717) is 15.8 Å². The molecule has 0 unspecified atom stereocenters. The van der Waals surface area contributed by atoms with Gasteiger partial charge in [0.15, 0.2) is 11.5 Å². The monoisotopic (exact) mass is 354 g/mol. The first-order chi connectivity index (χ1) is 10.0. The lowest BCUT2D eigenvalue weighted by Crippen LogP contribution is -2.03. The van der Waals surface area contributed by atoms with Crippen LogP contribution in [0, 0.1) is 5.82 Å². The summed E-state index contributed by atoms with van der Waals surface area (Å²) in [5.41, 5.74) is 0.464. The SMILES string of the molecule is COc1cc(C(=O)O)cc(Br)c1OCc1ccccc1F. The highest BCUT2D eigenvalue weighted by Crippen LogP contribution is 2.37. The van der Waals surface area contributed by atoms with Gasteiger partial charge in [-0.05, 0) is 34.1 Å². The Morgan fingerprint density at radius 2 is 2.05 bits per heavy atom. The minimum absolute atomic E-state index is 0.00799. The molecule has 0 fully saturated rings. The van der Waals surface area contributed by atoms with Crippen LogP contribution in [0.4, 0.5) is 4.39 Å². The number of ether oxygens (including phenoxy) is 2. The van der Waals surface area contributed by atoms with Crippen LogP contribution in [0.2, 0.25) is 0 Å². The van der Waals surface area contributed by atoms with Crippen molar-refractivity contribution in [1.82, 2.24) is 0 Å². The molecule has 0 saturated heterocycles. The summed E-state index contributed by atoms with van der Waals surface area (Å²) < 4.78 is 24.7. The van der Waals surface area contributed by atoms with Crippen molar-refractivity contribution in [3.63, 3.8) is 0 Å². The van der Waals surface area contributed by atoms with Crippen molar-refractivity contribution in [1.29, 1.82) is 0 Å². The molecule has 0 aliphatic rings. The van der Waals surface area contributed by atoms with Crippen LogP contribution >= 0.6 is 15.9 Å². The summed E-state index contributed by atoms with van der Waals surface area (Å²) in [6.45, 7) is 0.00799. The Morgan fingerprint density at radius 3 is 2.67 bits per heavy atom. The molecule has 0 saturated carbocycles. The van der Waals surface area contributed by atoms with Gasteiger partial charge in [-0.2, -0.15) is 0 Å². The summed E-state index contributed by atoms with van der Waals surface area (Å²) in [4.78, 5) is 11.0. The minimum atomic E-state index is -1.07. The van der Waals surface area contributed by atoms with E-state index in [4.69, 9.17) is 14.6 Å². The van der Waals surface area contributed by atoms with E-state index < -0.39 is 5.97 Å². The summed E-state index contributed by atoms with van der Waals surface area (Å²) >= 11 is 3.24. The second kappa shape index (κ2) is 6.58. The van der Waals surface area contributed by atoms with Crippen molar-refractivity contribution in [2.24, 2.45) is 0 Å². The average molecular weight is 355 g/mol. The zero-order valence-corrected chi connectivity index (χ0v) is 12.7. The van der Waals surface area contributed by atoms with E-state index in [0.717, 1.165) is 0 Å². The second-order valence-electron chi connectivity index (χ2n) is 4.17. The smallest absolute Gasteiger partial charge is 0.335 e. The number of rotatable bonds is 5. The van der Waals surface area contributed by atoms with Crippen LogP contribution < -0.4 is 9.47 Å². The molecule has 0 amide bonds. The molecule has 0 aliphatic carbocycles. The first-order valence-electron chi connectivity index (χ1n) is 6.00. The van der Waals surface area contributed by atoms with Crippen molar-refractivity contribution in [2.75, 3.05) is 7.11 Å². The first kappa shape index (κ1) is 15.3. The lowest BCUT2D eigenvalue weighted by molar-refractivity contribution is 0.0696. The molecule has 0 bridgehead atoms. The van der Waals surface area contributed by atoms with E-state index in [2.05, 4.69) is 15.9 Å². The van der Waals surface area contributed by atoms with Gasteiger partial charge in [-0.1, -0.05) is 18.2 Å². The van der Waals surface area contributed by atoms with Gasteiger partial charge in [-0.15, -0.1) is 0 Å². The molecule has 2 rings (SSSR count). The van der Waals surface area contributed by atoms with Gasteiger partial charge in [-0.3, -0.25) is 0 Å².